The van der Waals surface area contributed by atoms with E-state index in [9.17, 15) is 18.4 Å². The van der Waals surface area contributed by atoms with Crippen LogP contribution in [0.2, 0.25) is 0 Å². The Morgan fingerprint density at radius 1 is 0.893 bits per heavy atom. The average molecular weight is 380 g/mol. The van der Waals surface area contributed by atoms with Crippen LogP contribution in [0.1, 0.15) is 38.8 Å². The Labute approximate surface area is 161 Å². The quantitative estimate of drug-likeness (QED) is 0.447. The summed E-state index contributed by atoms with van der Waals surface area (Å²) in [4.78, 5) is 25.0. The van der Waals surface area contributed by atoms with Gasteiger partial charge >= 0.3 is 5.97 Å². The molecule has 3 rings (SSSR count). The smallest absolute Gasteiger partial charge is 0.339 e. The Kier molecular flexibility index (Phi) is 5.94. The Hall–Kier alpha value is -3.34. The van der Waals surface area contributed by atoms with Crippen molar-refractivity contribution in [3.8, 4) is 0 Å². The molecule has 0 aliphatic carbocycles. The predicted octanol–water partition coefficient (Wildman–Crippen LogP) is 4.98. The third-order valence-electron chi connectivity index (χ3n) is 4.33. The second kappa shape index (κ2) is 8.57. The van der Waals surface area contributed by atoms with Crippen LogP contribution in [0.4, 0.5) is 8.78 Å². The molecule has 1 atom stereocenters. The highest BCUT2D eigenvalue weighted by Crippen LogP contribution is 2.18. The second-order valence-corrected chi connectivity index (χ2v) is 6.36. The standard InChI is InChI=1S/C23H18F2O3/c1-15(22(26)18-11-12-20(24)21(25)14-18)28-23(27)19-10-6-5-9-17(19)13-16-7-3-2-4-8-16/h2-12,14-15H,13H2,1H3. The molecule has 0 saturated carbocycles. The number of ketones is 1. The van der Waals surface area contributed by atoms with E-state index in [0.717, 1.165) is 29.3 Å². The van der Waals surface area contributed by atoms with Crippen LogP contribution < -0.4 is 0 Å². The predicted molar refractivity (Wildman–Crippen MR) is 101 cm³/mol. The van der Waals surface area contributed by atoms with Crippen molar-refractivity contribution in [2.45, 2.75) is 19.4 Å². The number of ether oxygens (including phenoxy) is 1. The molecule has 0 aromatic heterocycles. The molecule has 5 heteroatoms. The summed E-state index contributed by atoms with van der Waals surface area (Å²) in [6.45, 7) is 1.40. The van der Waals surface area contributed by atoms with Crippen molar-refractivity contribution in [2.75, 3.05) is 0 Å². The van der Waals surface area contributed by atoms with Gasteiger partial charge in [-0.15, -0.1) is 0 Å². The molecule has 0 N–H and O–H groups in total. The molecular formula is C23H18F2O3. The number of hydrogen-bond donors (Lipinski definition) is 0. The Balaban J connectivity index is 1.75. The van der Waals surface area contributed by atoms with Crippen molar-refractivity contribution in [3.63, 3.8) is 0 Å². The summed E-state index contributed by atoms with van der Waals surface area (Å²) in [5.41, 5.74) is 2.10. The minimum atomic E-state index is -1.14. The molecule has 28 heavy (non-hydrogen) atoms. The van der Waals surface area contributed by atoms with E-state index in [1.165, 1.54) is 6.92 Å². The summed E-state index contributed by atoms with van der Waals surface area (Å²) in [5.74, 6) is -3.42. The zero-order valence-electron chi connectivity index (χ0n) is 15.2. The summed E-state index contributed by atoms with van der Waals surface area (Å²) in [5, 5.41) is 0. The van der Waals surface area contributed by atoms with Crippen LogP contribution in [-0.2, 0) is 11.2 Å². The van der Waals surface area contributed by atoms with Gasteiger partial charge in [0.25, 0.3) is 0 Å². The molecule has 0 saturated heterocycles. The van der Waals surface area contributed by atoms with Gasteiger partial charge in [-0.1, -0.05) is 48.5 Å². The van der Waals surface area contributed by atoms with Crippen LogP contribution in [0, 0.1) is 11.6 Å². The van der Waals surface area contributed by atoms with E-state index >= 15 is 0 Å². The van der Waals surface area contributed by atoms with Crippen LogP contribution in [0.3, 0.4) is 0 Å². The first kappa shape index (κ1) is 19.4. The van der Waals surface area contributed by atoms with Gasteiger partial charge in [-0.05, 0) is 48.7 Å². The Morgan fingerprint density at radius 3 is 2.29 bits per heavy atom. The monoisotopic (exact) mass is 380 g/mol. The highest BCUT2D eigenvalue weighted by Gasteiger charge is 2.22. The number of esters is 1. The van der Waals surface area contributed by atoms with Gasteiger partial charge in [0, 0.05) is 5.56 Å². The van der Waals surface area contributed by atoms with Gasteiger partial charge < -0.3 is 4.74 Å². The summed E-state index contributed by atoms with van der Waals surface area (Å²) >= 11 is 0. The van der Waals surface area contributed by atoms with E-state index in [4.69, 9.17) is 4.74 Å². The lowest BCUT2D eigenvalue weighted by Gasteiger charge is -2.14. The van der Waals surface area contributed by atoms with Crippen molar-refractivity contribution >= 4 is 11.8 Å². The lowest BCUT2D eigenvalue weighted by molar-refractivity contribution is 0.0317. The number of carbonyl (C=O) groups is 2. The number of rotatable bonds is 6. The molecule has 1 unspecified atom stereocenters. The molecule has 0 bridgehead atoms. The van der Waals surface area contributed by atoms with Gasteiger partial charge in [0.05, 0.1) is 5.56 Å². The molecule has 0 heterocycles. The van der Waals surface area contributed by atoms with E-state index in [1.54, 1.807) is 12.1 Å². The fourth-order valence-corrected chi connectivity index (χ4v) is 2.85. The molecule has 3 aromatic carbocycles. The molecular weight excluding hydrogens is 362 g/mol. The average Bonchev–Trinajstić information content (AvgIpc) is 2.70. The van der Waals surface area contributed by atoms with Crippen LogP contribution >= 0.6 is 0 Å². The van der Waals surface area contributed by atoms with Crippen LogP contribution in [-0.4, -0.2) is 17.9 Å². The summed E-state index contributed by atoms with van der Waals surface area (Å²) in [6, 6.07) is 19.5. The third kappa shape index (κ3) is 4.49. The first-order valence-electron chi connectivity index (χ1n) is 8.78. The minimum Gasteiger partial charge on any atom is -0.451 e. The number of hydrogen-bond acceptors (Lipinski definition) is 3. The van der Waals surface area contributed by atoms with Gasteiger partial charge in [-0.25, -0.2) is 13.6 Å². The van der Waals surface area contributed by atoms with Gasteiger partial charge in [0.2, 0.25) is 5.78 Å². The van der Waals surface area contributed by atoms with Crippen LogP contribution in [0.25, 0.3) is 0 Å². The lowest BCUT2D eigenvalue weighted by Crippen LogP contribution is -2.25. The first-order chi connectivity index (χ1) is 13.5. The molecule has 0 spiro atoms. The molecule has 0 radical (unpaired) electrons. The lowest BCUT2D eigenvalue weighted by atomic mass is 10.00. The molecule has 0 amide bonds. The molecule has 0 fully saturated rings. The molecule has 142 valence electrons. The first-order valence-corrected chi connectivity index (χ1v) is 8.78. The summed E-state index contributed by atoms with van der Waals surface area (Å²) in [7, 11) is 0. The van der Waals surface area contributed by atoms with Gasteiger partial charge in [0.15, 0.2) is 17.7 Å². The fourth-order valence-electron chi connectivity index (χ4n) is 2.85. The maximum Gasteiger partial charge on any atom is 0.339 e. The Morgan fingerprint density at radius 2 is 1.57 bits per heavy atom. The number of halogens is 2. The molecule has 3 aromatic rings. The van der Waals surface area contributed by atoms with E-state index in [0.29, 0.717) is 12.0 Å². The summed E-state index contributed by atoms with van der Waals surface area (Å²) in [6.07, 6.45) is -0.598. The Bertz CT molecular complexity index is 1000. The fraction of sp³-hybridized carbons (Fsp3) is 0.130. The van der Waals surface area contributed by atoms with E-state index in [1.807, 2.05) is 42.5 Å². The van der Waals surface area contributed by atoms with Gasteiger partial charge in [0.1, 0.15) is 0 Å². The molecule has 0 aliphatic heterocycles. The zero-order chi connectivity index (χ0) is 20.1. The highest BCUT2D eigenvalue weighted by atomic mass is 19.2. The normalized spacial score (nSPS) is 11.7. The SMILES string of the molecule is CC(OC(=O)c1ccccc1Cc1ccccc1)C(=O)c1ccc(F)c(F)c1. The van der Waals surface area contributed by atoms with E-state index in [2.05, 4.69) is 0 Å². The largest absolute Gasteiger partial charge is 0.451 e. The molecule has 3 nitrogen and oxygen atoms in total. The van der Waals surface area contributed by atoms with Crippen molar-refractivity contribution in [3.05, 3.63) is 107 Å². The van der Waals surface area contributed by atoms with Crippen LogP contribution in [0.15, 0.2) is 72.8 Å². The summed E-state index contributed by atoms with van der Waals surface area (Å²) < 4.78 is 31.7. The van der Waals surface area contributed by atoms with Gasteiger partial charge in [-0.2, -0.15) is 0 Å². The third-order valence-corrected chi connectivity index (χ3v) is 4.33. The maximum absolute atomic E-state index is 13.4. The number of carbonyl (C=O) groups excluding carboxylic acids is 2. The van der Waals surface area contributed by atoms with Crippen molar-refractivity contribution in [1.82, 2.24) is 0 Å². The van der Waals surface area contributed by atoms with Crippen LogP contribution in [0.5, 0.6) is 0 Å². The maximum atomic E-state index is 13.4. The number of benzene rings is 3. The topological polar surface area (TPSA) is 43.4 Å². The molecule has 0 aliphatic rings. The van der Waals surface area contributed by atoms with Gasteiger partial charge in [-0.3, -0.25) is 4.79 Å². The highest BCUT2D eigenvalue weighted by molar-refractivity contribution is 6.01. The number of Topliss-reactive ketones (excluding diaryl/α,β-unsaturated/α-hetero) is 1. The second-order valence-electron chi connectivity index (χ2n) is 6.36. The zero-order valence-corrected chi connectivity index (χ0v) is 15.2. The van der Waals surface area contributed by atoms with Crippen molar-refractivity contribution in [2.24, 2.45) is 0 Å². The minimum absolute atomic E-state index is 0.0585. The van der Waals surface area contributed by atoms with E-state index in [-0.39, 0.29) is 5.56 Å². The van der Waals surface area contributed by atoms with Crippen molar-refractivity contribution < 1.29 is 23.1 Å². The van der Waals surface area contributed by atoms with E-state index < -0.39 is 29.5 Å². The van der Waals surface area contributed by atoms with Crippen molar-refractivity contribution in [1.29, 1.82) is 0 Å².